The molecule has 1 amide bonds. The van der Waals surface area contributed by atoms with Crippen LogP contribution in [0.25, 0.3) is 10.4 Å². The summed E-state index contributed by atoms with van der Waals surface area (Å²) in [6, 6.07) is 19.9. The molecule has 0 aliphatic heterocycles. The third-order valence-corrected chi connectivity index (χ3v) is 5.10. The van der Waals surface area contributed by atoms with E-state index < -0.39 is 0 Å². The lowest BCUT2D eigenvalue weighted by atomic mass is 10.1. The van der Waals surface area contributed by atoms with Crippen molar-refractivity contribution in [2.75, 3.05) is 14.2 Å². The highest BCUT2D eigenvalue weighted by Crippen LogP contribution is 2.36. The first-order valence-corrected chi connectivity index (χ1v) is 9.11. The Hall–Kier alpha value is -2.63. The summed E-state index contributed by atoms with van der Waals surface area (Å²) in [5.74, 6) is 0.464. The number of benzene rings is 2. The van der Waals surface area contributed by atoms with Gasteiger partial charge in [0.15, 0.2) is 0 Å². The van der Waals surface area contributed by atoms with Gasteiger partial charge in [-0.05, 0) is 22.8 Å². The second kappa shape index (κ2) is 8.65. The molecule has 0 unspecified atom stereocenters. The summed E-state index contributed by atoms with van der Waals surface area (Å²) in [6.45, 7) is 1.01. The van der Waals surface area contributed by atoms with E-state index in [0.29, 0.717) is 23.8 Å². The average Bonchev–Trinajstić information content (AvgIpc) is 3.12. The SMILES string of the molecule is COCc1cccc(CNC(=O)c2sc(-c3ccccc3)cc2OC)c1. The maximum Gasteiger partial charge on any atom is 0.265 e. The Kier molecular flexibility index (Phi) is 6.04. The van der Waals surface area contributed by atoms with Crippen molar-refractivity contribution in [3.05, 3.63) is 76.7 Å². The van der Waals surface area contributed by atoms with E-state index in [1.54, 1.807) is 14.2 Å². The first-order valence-electron chi connectivity index (χ1n) is 8.29. The molecule has 0 saturated heterocycles. The Labute approximate surface area is 157 Å². The van der Waals surface area contributed by atoms with Gasteiger partial charge in [0.05, 0.1) is 13.7 Å². The second-order valence-electron chi connectivity index (χ2n) is 5.81. The highest BCUT2D eigenvalue weighted by Gasteiger charge is 2.17. The van der Waals surface area contributed by atoms with Gasteiger partial charge in [-0.3, -0.25) is 4.79 Å². The zero-order chi connectivity index (χ0) is 18.4. The number of carbonyl (C=O) groups excluding carboxylic acids is 1. The van der Waals surface area contributed by atoms with Gasteiger partial charge in [0, 0.05) is 18.5 Å². The van der Waals surface area contributed by atoms with Crippen molar-refractivity contribution in [2.45, 2.75) is 13.2 Å². The summed E-state index contributed by atoms with van der Waals surface area (Å²) in [5.41, 5.74) is 3.19. The van der Waals surface area contributed by atoms with Crippen LogP contribution in [0, 0.1) is 0 Å². The van der Waals surface area contributed by atoms with Gasteiger partial charge in [0.1, 0.15) is 10.6 Å². The molecule has 0 aliphatic carbocycles. The van der Waals surface area contributed by atoms with Gasteiger partial charge in [0.25, 0.3) is 5.91 Å². The predicted molar refractivity (Wildman–Crippen MR) is 105 cm³/mol. The maximum absolute atomic E-state index is 12.6. The zero-order valence-electron chi connectivity index (χ0n) is 14.8. The van der Waals surface area contributed by atoms with Crippen LogP contribution in [0.5, 0.6) is 5.75 Å². The number of carbonyl (C=O) groups is 1. The lowest BCUT2D eigenvalue weighted by molar-refractivity contribution is 0.0952. The first kappa shape index (κ1) is 18.2. The lowest BCUT2D eigenvalue weighted by Crippen LogP contribution is -2.22. The average molecular weight is 367 g/mol. The molecule has 26 heavy (non-hydrogen) atoms. The number of hydrogen-bond donors (Lipinski definition) is 1. The molecule has 3 rings (SSSR count). The fraction of sp³-hybridized carbons (Fsp3) is 0.190. The second-order valence-corrected chi connectivity index (χ2v) is 6.86. The van der Waals surface area contributed by atoms with E-state index in [-0.39, 0.29) is 5.91 Å². The number of ether oxygens (including phenoxy) is 2. The number of methoxy groups -OCH3 is 2. The molecule has 2 aromatic carbocycles. The standard InChI is InChI=1S/C21H21NO3S/c1-24-14-16-8-6-7-15(11-16)13-22-21(23)20-18(25-2)12-19(26-20)17-9-4-3-5-10-17/h3-12H,13-14H2,1-2H3,(H,22,23). The summed E-state index contributed by atoms with van der Waals surface area (Å²) in [5, 5.41) is 2.97. The van der Waals surface area contributed by atoms with Crippen LogP contribution >= 0.6 is 11.3 Å². The van der Waals surface area contributed by atoms with Gasteiger partial charge in [-0.1, -0.05) is 54.6 Å². The van der Waals surface area contributed by atoms with Crippen LogP contribution in [0.3, 0.4) is 0 Å². The maximum atomic E-state index is 12.6. The molecular weight excluding hydrogens is 346 g/mol. The lowest BCUT2D eigenvalue weighted by Gasteiger charge is -2.07. The quantitative estimate of drug-likeness (QED) is 0.669. The summed E-state index contributed by atoms with van der Waals surface area (Å²) < 4.78 is 10.6. The third-order valence-electron chi connectivity index (χ3n) is 3.94. The zero-order valence-corrected chi connectivity index (χ0v) is 15.6. The molecule has 4 nitrogen and oxygen atoms in total. The van der Waals surface area contributed by atoms with E-state index >= 15 is 0 Å². The number of amides is 1. The molecule has 0 fully saturated rings. The molecule has 0 saturated carbocycles. The fourth-order valence-electron chi connectivity index (χ4n) is 2.69. The Bertz CT molecular complexity index is 874. The van der Waals surface area contributed by atoms with Crippen molar-refractivity contribution >= 4 is 17.2 Å². The topological polar surface area (TPSA) is 47.6 Å². The van der Waals surface area contributed by atoms with Gasteiger partial charge in [-0.25, -0.2) is 0 Å². The third kappa shape index (κ3) is 4.31. The Morgan fingerprint density at radius 2 is 1.77 bits per heavy atom. The minimum atomic E-state index is -0.133. The van der Waals surface area contributed by atoms with E-state index in [9.17, 15) is 4.79 Å². The smallest absolute Gasteiger partial charge is 0.265 e. The molecule has 5 heteroatoms. The summed E-state index contributed by atoms with van der Waals surface area (Å²) in [6.07, 6.45) is 0. The summed E-state index contributed by atoms with van der Waals surface area (Å²) >= 11 is 1.43. The minimum absolute atomic E-state index is 0.133. The van der Waals surface area contributed by atoms with Gasteiger partial charge in [-0.15, -0.1) is 11.3 Å². The normalized spacial score (nSPS) is 10.5. The van der Waals surface area contributed by atoms with Crippen molar-refractivity contribution in [2.24, 2.45) is 0 Å². The van der Waals surface area contributed by atoms with Crippen molar-refractivity contribution in [3.8, 4) is 16.2 Å². The van der Waals surface area contributed by atoms with Gasteiger partial charge in [0.2, 0.25) is 0 Å². The van der Waals surface area contributed by atoms with Crippen LogP contribution in [-0.2, 0) is 17.9 Å². The van der Waals surface area contributed by atoms with Gasteiger partial charge in [-0.2, -0.15) is 0 Å². The van der Waals surface area contributed by atoms with Crippen LogP contribution in [0.2, 0.25) is 0 Å². The molecular formula is C21H21NO3S. The molecule has 3 aromatic rings. The molecule has 1 N–H and O–H groups in total. The van der Waals surface area contributed by atoms with Crippen molar-refractivity contribution < 1.29 is 14.3 Å². The molecule has 0 bridgehead atoms. The Morgan fingerprint density at radius 3 is 2.50 bits per heavy atom. The number of rotatable bonds is 7. The minimum Gasteiger partial charge on any atom is -0.495 e. The molecule has 134 valence electrons. The van der Waals surface area contributed by atoms with Crippen LogP contribution in [0.4, 0.5) is 0 Å². The predicted octanol–water partition coefficient (Wildman–Crippen LogP) is 4.50. The molecule has 0 radical (unpaired) electrons. The van der Waals surface area contributed by atoms with Crippen LogP contribution in [0.1, 0.15) is 20.8 Å². The highest BCUT2D eigenvalue weighted by atomic mass is 32.1. The van der Waals surface area contributed by atoms with E-state index in [4.69, 9.17) is 9.47 Å². The molecule has 0 spiro atoms. The summed E-state index contributed by atoms with van der Waals surface area (Å²) in [7, 11) is 3.25. The Morgan fingerprint density at radius 1 is 1.00 bits per heavy atom. The van der Waals surface area contributed by atoms with Gasteiger partial charge >= 0.3 is 0 Å². The molecule has 0 atom stereocenters. The summed E-state index contributed by atoms with van der Waals surface area (Å²) in [4.78, 5) is 14.2. The molecule has 0 aliphatic rings. The number of thiophene rings is 1. The first-order chi connectivity index (χ1) is 12.7. The van der Waals surface area contributed by atoms with Crippen LogP contribution in [0.15, 0.2) is 60.7 Å². The molecule has 1 aromatic heterocycles. The van der Waals surface area contributed by atoms with E-state index in [1.165, 1.54) is 11.3 Å². The number of hydrogen-bond acceptors (Lipinski definition) is 4. The van der Waals surface area contributed by atoms with E-state index in [0.717, 1.165) is 21.6 Å². The highest BCUT2D eigenvalue weighted by molar-refractivity contribution is 7.17. The van der Waals surface area contributed by atoms with E-state index in [1.807, 2.05) is 60.7 Å². The fourth-order valence-corrected chi connectivity index (χ4v) is 3.74. The number of nitrogens with one attached hydrogen (secondary N) is 1. The van der Waals surface area contributed by atoms with Crippen LogP contribution in [-0.4, -0.2) is 20.1 Å². The van der Waals surface area contributed by atoms with Crippen LogP contribution < -0.4 is 10.1 Å². The monoisotopic (exact) mass is 367 g/mol. The van der Waals surface area contributed by atoms with Crippen molar-refractivity contribution in [3.63, 3.8) is 0 Å². The van der Waals surface area contributed by atoms with Crippen molar-refractivity contribution in [1.29, 1.82) is 0 Å². The largest absolute Gasteiger partial charge is 0.495 e. The van der Waals surface area contributed by atoms with Gasteiger partial charge < -0.3 is 14.8 Å². The van der Waals surface area contributed by atoms with E-state index in [2.05, 4.69) is 5.32 Å². The molecule has 1 heterocycles. The van der Waals surface area contributed by atoms with Crippen molar-refractivity contribution in [1.82, 2.24) is 5.32 Å². The Balaban J connectivity index is 1.73.